The molecule has 1 aliphatic carbocycles. The molecule has 0 radical (unpaired) electrons. The van der Waals surface area contributed by atoms with Crippen LogP contribution in [0.4, 0.5) is 5.69 Å². The van der Waals surface area contributed by atoms with E-state index in [1.807, 2.05) is 25.1 Å². The molecule has 1 aromatic rings. The highest BCUT2D eigenvalue weighted by Crippen LogP contribution is 2.34. The number of rotatable bonds is 4. The first-order valence-electron chi connectivity index (χ1n) is 6.62. The number of nitrogens with one attached hydrogen (secondary N) is 1. The van der Waals surface area contributed by atoms with Gasteiger partial charge in [0.05, 0.1) is 7.11 Å². The number of methoxy groups -OCH3 is 2. The van der Waals surface area contributed by atoms with Gasteiger partial charge in [-0.1, -0.05) is 0 Å². The highest BCUT2D eigenvalue weighted by molar-refractivity contribution is 5.97. The summed E-state index contributed by atoms with van der Waals surface area (Å²) < 4.78 is 10.7. The SMILES string of the molecule is COc1ccc(NC(=O)C2(OC)CCCC2)cc1C. The van der Waals surface area contributed by atoms with Gasteiger partial charge in [-0.15, -0.1) is 0 Å². The first kappa shape index (κ1) is 13.9. The number of hydrogen-bond donors (Lipinski definition) is 1. The molecule has 1 aliphatic rings. The van der Waals surface area contributed by atoms with Crippen molar-refractivity contribution in [2.45, 2.75) is 38.2 Å². The van der Waals surface area contributed by atoms with Gasteiger partial charge in [0.15, 0.2) is 0 Å². The van der Waals surface area contributed by atoms with Gasteiger partial charge in [0.1, 0.15) is 11.4 Å². The number of ether oxygens (including phenoxy) is 2. The number of aryl methyl sites for hydroxylation is 1. The van der Waals surface area contributed by atoms with Crippen molar-refractivity contribution in [1.82, 2.24) is 0 Å². The van der Waals surface area contributed by atoms with Crippen molar-refractivity contribution >= 4 is 11.6 Å². The Morgan fingerprint density at radius 1 is 1.26 bits per heavy atom. The fourth-order valence-corrected chi connectivity index (χ4v) is 2.67. The van der Waals surface area contributed by atoms with Crippen LogP contribution in [0.2, 0.25) is 0 Å². The normalized spacial score (nSPS) is 17.2. The number of carbonyl (C=O) groups is 1. The predicted molar refractivity (Wildman–Crippen MR) is 74.6 cm³/mol. The van der Waals surface area contributed by atoms with Crippen LogP contribution in [0.25, 0.3) is 0 Å². The molecule has 4 heteroatoms. The lowest BCUT2D eigenvalue weighted by atomic mass is 10.0. The number of carbonyl (C=O) groups excluding carboxylic acids is 1. The standard InChI is InChI=1S/C15H21NO3/c1-11-10-12(6-7-13(11)18-2)16-14(17)15(19-3)8-4-5-9-15/h6-7,10H,4-5,8-9H2,1-3H3,(H,16,17). The monoisotopic (exact) mass is 263 g/mol. The van der Waals surface area contributed by atoms with Gasteiger partial charge >= 0.3 is 0 Å². The molecule has 0 aromatic heterocycles. The largest absolute Gasteiger partial charge is 0.496 e. The molecular weight excluding hydrogens is 242 g/mol. The minimum absolute atomic E-state index is 0.0444. The van der Waals surface area contributed by atoms with Gasteiger partial charge in [-0.05, 0) is 56.4 Å². The summed E-state index contributed by atoms with van der Waals surface area (Å²) >= 11 is 0. The Kier molecular flexibility index (Phi) is 4.10. The fourth-order valence-electron chi connectivity index (χ4n) is 2.67. The maximum Gasteiger partial charge on any atom is 0.256 e. The van der Waals surface area contributed by atoms with E-state index in [1.165, 1.54) is 0 Å². The number of anilines is 1. The second-order valence-corrected chi connectivity index (χ2v) is 5.04. The summed E-state index contributed by atoms with van der Waals surface area (Å²) in [7, 11) is 3.25. The van der Waals surface area contributed by atoms with E-state index in [0.29, 0.717) is 0 Å². The van der Waals surface area contributed by atoms with E-state index in [0.717, 1.165) is 42.7 Å². The van der Waals surface area contributed by atoms with E-state index in [9.17, 15) is 4.79 Å². The molecule has 1 saturated carbocycles. The maximum atomic E-state index is 12.4. The van der Waals surface area contributed by atoms with Gasteiger partial charge < -0.3 is 14.8 Å². The Bertz CT molecular complexity index is 464. The molecule has 19 heavy (non-hydrogen) atoms. The summed E-state index contributed by atoms with van der Waals surface area (Å²) in [5, 5.41) is 2.95. The molecular formula is C15H21NO3. The Labute approximate surface area is 114 Å². The predicted octanol–water partition coefficient (Wildman–Crippen LogP) is 2.90. The molecule has 0 unspecified atom stereocenters. The minimum atomic E-state index is -0.645. The van der Waals surface area contributed by atoms with E-state index in [-0.39, 0.29) is 5.91 Å². The van der Waals surface area contributed by atoms with Crippen LogP contribution in [-0.4, -0.2) is 25.7 Å². The van der Waals surface area contributed by atoms with Crippen molar-refractivity contribution < 1.29 is 14.3 Å². The average Bonchev–Trinajstić information content (AvgIpc) is 2.89. The summed E-state index contributed by atoms with van der Waals surface area (Å²) in [6.45, 7) is 1.95. The van der Waals surface area contributed by atoms with Crippen molar-refractivity contribution in [2.24, 2.45) is 0 Å². The summed E-state index contributed by atoms with van der Waals surface area (Å²) in [5.74, 6) is 0.775. The van der Waals surface area contributed by atoms with Crippen LogP contribution in [0.5, 0.6) is 5.75 Å². The molecule has 1 amide bonds. The molecule has 0 aliphatic heterocycles. The Balaban J connectivity index is 2.12. The highest BCUT2D eigenvalue weighted by atomic mass is 16.5. The summed E-state index contributed by atoms with van der Waals surface area (Å²) in [4.78, 5) is 12.4. The molecule has 0 atom stereocenters. The second kappa shape index (κ2) is 5.61. The second-order valence-electron chi connectivity index (χ2n) is 5.04. The van der Waals surface area contributed by atoms with Gasteiger partial charge in [-0.2, -0.15) is 0 Å². The fraction of sp³-hybridized carbons (Fsp3) is 0.533. The number of benzene rings is 1. The van der Waals surface area contributed by atoms with E-state index in [4.69, 9.17) is 9.47 Å². The van der Waals surface area contributed by atoms with Crippen LogP contribution in [0.3, 0.4) is 0 Å². The number of hydrogen-bond acceptors (Lipinski definition) is 3. The van der Waals surface area contributed by atoms with Crippen LogP contribution < -0.4 is 10.1 Å². The van der Waals surface area contributed by atoms with Crippen LogP contribution in [0.15, 0.2) is 18.2 Å². The molecule has 1 fully saturated rings. The quantitative estimate of drug-likeness (QED) is 0.908. The molecule has 1 N–H and O–H groups in total. The minimum Gasteiger partial charge on any atom is -0.496 e. The van der Waals surface area contributed by atoms with Crippen LogP contribution >= 0.6 is 0 Å². The summed E-state index contributed by atoms with van der Waals surface area (Å²) in [6, 6.07) is 5.62. The molecule has 104 valence electrons. The molecule has 0 spiro atoms. The topological polar surface area (TPSA) is 47.6 Å². The molecule has 2 rings (SSSR count). The lowest BCUT2D eigenvalue weighted by Gasteiger charge is -2.26. The van der Waals surface area contributed by atoms with Gasteiger partial charge in [-0.25, -0.2) is 0 Å². The van der Waals surface area contributed by atoms with E-state index >= 15 is 0 Å². The number of amides is 1. The third-order valence-electron chi connectivity index (χ3n) is 3.87. The van der Waals surface area contributed by atoms with Gasteiger partial charge in [0.2, 0.25) is 0 Å². The Morgan fingerprint density at radius 3 is 2.47 bits per heavy atom. The van der Waals surface area contributed by atoms with Crippen molar-refractivity contribution in [2.75, 3.05) is 19.5 Å². The summed E-state index contributed by atoms with van der Waals surface area (Å²) in [5.41, 5.74) is 1.14. The van der Waals surface area contributed by atoms with Gasteiger partial charge in [0, 0.05) is 12.8 Å². The van der Waals surface area contributed by atoms with Crippen molar-refractivity contribution in [1.29, 1.82) is 0 Å². The Morgan fingerprint density at radius 2 is 1.95 bits per heavy atom. The van der Waals surface area contributed by atoms with E-state index in [1.54, 1.807) is 14.2 Å². The van der Waals surface area contributed by atoms with Gasteiger partial charge in [0.25, 0.3) is 5.91 Å². The zero-order chi connectivity index (χ0) is 13.9. The molecule has 0 saturated heterocycles. The third-order valence-corrected chi connectivity index (χ3v) is 3.87. The first-order chi connectivity index (χ1) is 9.11. The average molecular weight is 263 g/mol. The van der Waals surface area contributed by atoms with Crippen molar-refractivity contribution in [3.05, 3.63) is 23.8 Å². The maximum absolute atomic E-state index is 12.4. The lowest BCUT2D eigenvalue weighted by molar-refractivity contribution is -0.136. The summed E-state index contributed by atoms with van der Waals surface area (Å²) in [6.07, 6.45) is 3.68. The third kappa shape index (κ3) is 2.73. The smallest absolute Gasteiger partial charge is 0.256 e. The Hall–Kier alpha value is -1.55. The highest BCUT2D eigenvalue weighted by Gasteiger charge is 2.41. The van der Waals surface area contributed by atoms with Crippen LogP contribution in [0.1, 0.15) is 31.2 Å². The lowest BCUT2D eigenvalue weighted by Crippen LogP contribution is -2.42. The van der Waals surface area contributed by atoms with Crippen molar-refractivity contribution in [3.8, 4) is 5.75 Å². The zero-order valence-electron chi connectivity index (χ0n) is 11.8. The van der Waals surface area contributed by atoms with E-state index < -0.39 is 5.60 Å². The van der Waals surface area contributed by atoms with E-state index in [2.05, 4.69) is 5.32 Å². The van der Waals surface area contributed by atoms with Crippen LogP contribution in [0, 0.1) is 6.92 Å². The zero-order valence-corrected chi connectivity index (χ0v) is 11.8. The molecule has 0 bridgehead atoms. The van der Waals surface area contributed by atoms with Crippen LogP contribution in [-0.2, 0) is 9.53 Å². The van der Waals surface area contributed by atoms with Gasteiger partial charge in [-0.3, -0.25) is 4.79 Å². The first-order valence-corrected chi connectivity index (χ1v) is 6.62. The molecule has 0 heterocycles. The van der Waals surface area contributed by atoms with Crippen molar-refractivity contribution in [3.63, 3.8) is 0 Å². The molecule has 4 nitrogen and oxygen atoms in total. The molecule has 1 aromatic carbocycles.